The molecule has 4 unspecified atom stereocenters. The lowest BCUT2D eigenvalue weighted by molar-refractivity contribution is 0.478. The number of amidine groups is 1. The smallest absolute Gasteiger partial charge is 0.128 e. The van der Waals surface area contributed by atoms with Crippen molar-refractivity contribution in [1.82, 2.24) is 10.6 Å². The Morgan fingerprint density at radius 2 is 1.34 bits per heavy atom. The first-order chi connectivity index (χ1) is 24.7. The number of allylic oxidation sites excluding steroid dienone is 5. The van der Waals surface area contributed by atoms with Gasteiger partial charge in [-0.3, -0.25) is 10.4 Å². The van der Waals surface area contributed by atoms with Crippen molar-refractivity contribution in [1.29, 1.82) is 5.41 Å². The number of aliphatic imine (C=N–C) groups is 1. The summed E-state index contributed by atoms with van der Waals surface area (Å²) in [6.45, 7) is 0. The molecule has 0 fully saturated rings. The molecule has 4 atom stereocenters. The van der Waals surface area contributed by atoms with Gasteiger partial charge in [0, 0.05) is 17.4 Å². The number of nitrogens with one attached hydrogen (secondary N) is 3. The van der Waals surface area contributed by atoms with Crippen molar-refractivity contribution >= 4 is 17.7 Å². The van der Waals surface area contributed by atoms with Crippen LogP contribution in [0.1, 0.15) is 45.7 Å². The molecule has 0 bridgehead atoms. The van der Waals surface area contributed by atoms with Crippen LogP contribution in [-0.4, -0.2) is 24.4 Å². The third-order valence-electron chi connectivity index (χ3n) is 10.3. The molecule has 5 aromatic carbocycles. The van der Waals surface area contributed by atoms with Crippen molar-refractivity contribution in [2.24, 2.45) is 10.9 Å². The van der Waals surface area contributed by atoms with Gasteiger partial charge in [-0.15, -0.1) is 0 Å². The van der Waals surface area contributed by atoms with Crippen molar-refractivity contribution in [2.45, 2.75) is 30.0 Å². The zero-order valence-electron chi connectivity index (χ0n) is 27.9. The summed E-state index contributed by atoms with van der Waals surface area (Å²) in [4.78, 5) is 5.09. The van der Waals surface area contributed by atoms with Crippen LogP contribution in [0.25, 0.3) is 5.57 Å². The van der Waals surface area contributed by atoms with Gasteiger partial charge in [0.1, 0.15) is 12.0 Å². The maximum Gasteiger partial charge on any atom is 0.128 e. The lowest BCUT2D eigenvalue weighted by atomic mass is 9.66. The summed E-state index contributed by atoms with van der Waals surface area (Å²) in [5, 5.41) is 16.0. The molecule has 3 aliphatic rings. The van der Waals surface area contributed by atoms with Crippen LogP contribution in [0.4, 0.5) is 0 Å². The molecule has 4 nitrogen and oxygen atoms in total. The van der Waals surface area contributed by atoms with Crippen LogP contribution < -0.4 is 10.6 Å². The van der Waals surface area contributed by atoms with Crippen molar-refractivity contribution < 1.29 is 0 Å². The SMILES string of the molecule is N=C(NC(/N=C/NC1C=C2C(=CC1c1ccccc1)c1ccccc1C2(c1ccccc1)c1ccccc1)C1C=CC=CC1)c1ccccc1. The van der Waals surface area contributed by atoms with E-state index in [2.05, 4.69) is 162 Å². The fourth-order valence-corrected chi connectivity index (χ4v) is 7.93. The van der Waals surface area contributed by atoms with Gasteiger partial charge in [0.15, 0.2) is 0 Å². The second kappa shape index (κ2) is 13.9. The Morgan fingerprint density at radius 3 is 2.00 bits per heavy atom. The molecule has 3 N–H and O–H groups in total. The van der Waals surface area contributed by atoms with Crippen molar-refractivity contribution in [3.05, 3.63) is 221 Å². The van der Waals surface area contributed by atoms with Gasteiger partial charge in [0.2, 0.25) is 0 Å². The van der Waals surface area contributed by atoms with Gasteiger partial charge in [-0.2, -0.15) is 0 Å². The van der Waals surface area contributed by atoms with Gasteiger partial charge in [-0.05, 0) is 45.4 Å². The first-order valence-corrected chi connectivity index (χ1v) is 17.5. The van der Waals surface area contributed by atoms with E-state index in [0.29, 0.717) is 5.84 Å². The molecule has 0 aliphatic heterocycles. The number of fused-ring (bicyclic) bond motifs is 3. The number of hydrogen-bond acceptors (Lipinski definition) is 2. The highest BCUT2D eigenvalue weighted by Gasteiger charge is 2.50. The van der Waals surface area contributed by atoms with Crippen molar-refractivity contribution in [2.75, 3.05) is 0 Å². The Kier molecular flexibility index (Phi) is 8.67. The molecule has 0 aromatic heterocycles. The standard InChI is InChI=1S/C46H40N4/c47-44(34-20-8-2-9-21-34)50-45(35-22-10-3-11-23-35)49-32-48-43-31-42-40(30-39(43)33-18-6-1-7-19-33)38-28-16-17-29-41(38)46(42,36-24-12-4-13-25-36)37-26-14-5-15-27-37/h1-22,24-32,35,39,43,45H,23H2,(H2,47,50)(H,48,49). The zero-order chi connectivity index (χ0) is 33.8. The molecule has 0 heterocycles. The minimum Gasteiger partial charge on any atom is -0.369 e. The lowest BCUT2D eigenvalue weighted by Crippen LogP contribution is -2.41. The fourth-order valence-electron chi connectivity index (χ4n) is 7.93. The lowest BCUT2D eigenvalue weighted by Gasteiger charge is -2.37. The molecule has 3 aliphatic carbocycles. The van der Waals surface area contributed by atoms with Crippen LogP contribution in [-0.2, 0) is 5.41 Å². The van der Waals surface area contributed by atoms with Gasteiger partial charge in [0.25, 0.3) is 0 Å². The van der Waals surface area contributed by atoms with Gasteiger partial charge in [0.05, 0.1) is 17.8 Å². The normalized spacial score (nSPS) is 20.7. The van der Waals surface area contributed by atoms with E-state index < -0.39 is 5.41 Å². The van der Waals surface area contributed by atoms with Crippen LogP contribution in [0.3, 0.4) is 0 Å². The van der Waals surface area contributed by atoms with E-state index in [1.54, 1.807) is 0 Å². The zero-order valence-corrected chi connectivity index (χ0v) is 27.9. The van der Waals surface area contributed by atoms with Gasteiger partial charge >= 0.3 is 0 Å². The highest BCUT2D eigenvalue weighted by atomic mass is 15.1. The van der Waals surface area contributed by atoms with Gasteiger partial charge in [-0.25, -0.2) is 0 Å². The molecule has 0 amide bonds. The topological polar surface area (TPSA) is 60.3 Å². The van der Waals surface area contributed by atoms with Crippen LogP contribution in [0.15, 0.2) is 193 Å². The first-order valence-electron chi connectivity index (χ1n) is 17.5. The number of benzene rings is 5. The molecule has 244 valence electrons. The van der Waals surface area contributed by atoms with E-state index in [-0.39, 0.29) is 24.0 Å². The molecular formula is C46H40N4. The Hall–Kier alpha value is -6.00. The average molecular weight is 649 g/mol. The first kappa shape index (κ1) is 31.3. The summed E-state index contributed by atoms with van der Waals surface area (Å²) in [5.74, 6) is 0.559. The third kappa shape index (κ3) is 5.73. The number of nitrogens with zero attached hydrogens (tertiary/aromatic N) is 1. The van der Waals surface area contributed by atoms with E-state index in [1.165, 1.54) is 39.0 Å². The van der Waals surface area contributed by atoms with E-state index in [1.807, 2.05) is 36.7 Å². The Balaban J connectivity index is 1.22. The van der Waals surface area contributed by atoms with E-state index in [4.69, 9.17) is 10.4 Å². The number of rotatable bonds is 9. The third-order valence-corrected chi connectivity index (χ3v) is 10.3. The van der Waals surface area contributed by atoms with E-state index in [0.717, 1.165) is 12.0 Å². The fraction of sp³-hybridized carbons (Fsp3) is 0.130. The molecule has 0 saturated carbocycles. The summed E-state index contributed by atoms with van der Waals surface area (Å²) in [6, 6.07) is 51.3. The highest BCUT2D eigenvalue weighted by Crippen LogP contribution is 2.59. The monoisotopic (exact) mass is 648 g/mol. The molecule has 50 heavy (non-hydrogen) atoms. The molecule has 8 rings (SSSR count). The molecular weight excluding hydrogens is 609 g/mol. The summed E-state index contributed by atoms with van der Waals surface area (Å²) in [7, 11) is 0. The predicted molar refractivity (Wildman–Crippen MR) is 206 cm³/mol. The second-order valence-corrected chi connectivity index (χ2v) is 13.1. The minimum absolute atomic E-state index is 0.0722. The highest BCUT2D eigenvalue weighted by molar-refractivity contribution is 5.97. The summed E-state index contributed by atoms with van der Waals surface area (Å²) in [6.07, 6.45) is 15.8. The Labute approximate surface area is 294 Å². The van der Waals surface area contributed by atoms with Crippen LogP contribution in [0, 0.1) is 11.3 Å². The minimum atomic E-state index is -0.474. The molecule has 0 saturated heterocycles. The molecule has 0 spiro atoms. The Morgan fingerprint density at radius 1 is 0.720 bits per heavy atom. The average Bonchev–Trinajstić information content (AvgIpc) is 3.49. The maximum absolute atomic E-state index is 8.84. The molecule has 4 heteroatoms. The van der Waals surface area contributed by atoms with Crippen LogP contribution in [0.2, 0.25) is 0 Å². The molecule has 0 radical (unpaired) electrons. The largest absolute Gasteiger partial charge is 0.369 e. The summed E-state index contributed by atoms with van der Waals surface area (Å²) in [5.41, 5.74) is 9.27. The van der Waals surface area contributed by atoms with E-state index >= 15 is 0 Å². The summed E-state index contributed by atoms with van der Waals surface area (Å²) < 4.78 is 0. The predicted octanol–water partition coefficient (Wildman–Crippen LogP) is 9.20. The quantitative estimate of drug-likeness (QED) is 0.110. The van der Waals surface area contributed by atoms with Gasteiger partial charge < -0.3 is 10.6 Å². The van der Waals surface area contributed by atoms with Crippen molar-refractivity contribution in [3.63, 3.8) is 0 Å². The van der Waals surface area contributed by atoms with Crippen LogP contribution >= 0.6 is 0 Å². The van der Waals surface area contributed by atoms with Gasteiger partial charge in [-0.1, -0.05) is 182 Å². The van der Waals surface area contributed by atoms with Crippen molar-refractivity contribution in [3.8, 4) is 0 Å². The summed E-state index contributed by atoms with van der Waals surface area (Å²) >= 11 is 0. The number of hydrogen-bond donors (Lipinski definition) is 3. The van der Waals surface area contributed by atoms with E-state index in [9.17, 15) is 0 Å². The Bertz CT molecular complexity index is 2070. The van der Waals surface area contributed by atoms with Crippen LogP contribution in [0.5, 0.6) is 0 Å². The molecule has 5 aromatic rings. The second-order valence-electron chi connectivity index (χ2n) is 13.1. The maximum atomic E-state index is 8.84.